The van der Waals surface area contributed by atoms with Crippen LogP contribution in [-0.4, -0.2) is 13.1 Å². The van der Waals surface area contributed by atoms with E-state index in [0.717, 1.165) is 24.4 Å². The van der Waals surface area contributed by atoms with Crippen LogP contribution in [0.5, 0.6) is 0 Å². The minimum atomic E-state index is 0.848. The summed E-state index contributed by atoms with van der Waals surface area (Å²) in [6, 6.07) is 8.36. The minimum absolute atomic E-state index is 0.848. The molecule has 0 atom stereocenters. The summed E-state index contributed by atoms with van der Waals surface area (Å²) in [5.41, 5.74) is 12.9. The number of benzene rings is 1. The average Bonchev–Trinajstić information content (AvgIpc) is 2.61. The summed E-state index contributed by atoms with van der Waals surface area (Å²) in [7, 11) is 0. The number of hydrogen-bond donors (Lipinski definition) is 2. The van der Waals surface area contributed by atoms with Gasteiger partial charge in [-0.1, -0.05) is 82.9 Å². The number of nitrogens with one attached hydrogen (secondary N) is 1. The van der Waals surface area contributed by atoms with E-state index in [-0.39, 0.29) is 0 Å². The van der Waals surface area contributed by atoms with Crippen LogP contribution < -0.4 is 16.2 Å². The molecule has 0 amide bonds. The van der Waals surface area contributed by atoms with Crippen molar-refractivity contribution < 1.29 is 0 Å². The van der Waals surface area contributed by atoms with Gasteiger partial charge in [0, 0.05) is 17.8 Å². The summed E-state index contributed by atoms with van der Waals surface area (Å²) in [4.78, 5) is 0. The Hall–Kier alpha value is -1.48. The molecule has 0 fully saturated rings. The quantitative estimate of drug-likeness (QED) is 0.516. The summed E-state index contributed by atoms with van der Waals surface area (Å²) < 4.78 is 0. The Morgan fingerprint density at radius 3 is 2.25 bits per heavy atom. The van der Waals surface area contributed by atoms with Crippen LogP contribution in [0.3, 0.4) is 0 Å². The lowest BCUT2D eigenvalue weighted by atomic mass is 10.1. The fourth-order valence-electron chi connectivity index (χ4n) is 3.33. The van der Waals surface area contributed by atoms with Gasteiger partial charge in [0.1, 0.15) is 0 Å². The van der Waals surface area contributed by atoms with E-state index in [1.807, 2.05) is 6.07 Å². The van der Waals surface area contributed by atoms with E-state index in [2.05, 4.69) is 41.6 Å². The van der Waals surface area contributed by atoms with E-state index in [1.54, 1.807) is 0 Å². The maximum Gasteiger partial charge on any atom is 0.0616 e. The molecule has 134 valence electrons. The molecule has 3 N–H and O–H groups in total. The number of anilines is 1. The Balaban J connectivity index is 1.53. The van der Waals surface area contributed by atoms with E-state index in [4.69, 9.17) is 5.73 Å². The Morgan fingerprint density at radius 1 is 0.917 bits per heavy atom. The van der Waals surface area contributed by atoms with Gasteiger partial charge in [-0.3, -0.25) is 0 Å². The summed E-state index contributed by atoms with van der Waals surface area (Å²) >= 11 is 0. The molecule has 3 heteroatoms. The lowest BCUT2D eigenvalue weighted by Gasteiger charge is -2.30. The number of nitrogens with two attached hydrogens (primary N) is 1. The van der Waals surface area contributed by atoms with Crippen LogP contribution in [0.4, 0.5) is 5.69 Å². The van der Waals surface area contributed by atoms with E-state index in [0.29, 0.717) is 0 Å². The van der Waals surface area contributed by atoms with Crippen molar-refractivity contribution in [2.75, 3.05) is 18.1 Å². The lowest BCUT2D eigenvalue weighted by Crippen LogP contribution is -2.41. The second-order valence-electron chi connectivity index (χ2n) is 6.88. The molecule has 2 rings (SSSR count). The van der Waals surface area contributed by atoms with Gasteiger partial charge in [-0.25, -0.2) is 5.43 Å². The Morgan fingerprint density at radius 2 is 1.54 bits per heavy atom. The van der Waals surface area contributed by atoms with E-state index in [1.165, 1.54) is 69.9 Å². The molecule has 0 saturated heterocycles. The summed E-state index contributed by atoms with van der Waals surface area (Å²) in [6.45, 7) is 4.17. The minimum Gasteiger partial charge on any atom is -0.398 e. The number of rotatable bonds is 12. The number of hydrogen-bond acceptors (Lipinski definition) is 3. The first-order valence-electron chi connectivity index (χ1n) is 9.89. The van der Waals surface area contributed by atoms with Crippen molar-refractivity contribution in [1.82, 2.24) is 5.43 Å². The second kappa shape index (κ2) is 11.1. The lowest BCUT2D eigenvalue weighted by molar-refractivity contribution is 0.539. The van der Waals surface area contributed by atoms with Crippen LogP contribution >= 0.6 is 0 Å². The molecule has 1 aliphatic rings. The standard InChI is InChI=1S/C21H35N3/c1-2-3-4-5-6-7-8-9-10-13-17-23-24-18-16-20(22)19-14-11-12-15-21(19)24/h11-12,14-16,23H,2-10,13,17-18,22H2,1H3. The smallest absolute Gasteiger partial charge is 0.0616 e. The van der Waals surface area contributed by atoms with Gasteiger partial charge in [0.25, 0.3) is 0 Å². The molecule has 1 aliphatic heterocycles. The molecule has 24 heavy (non-hydrogen) atoms. The molecule has 0 radical (unpaired) electrons. The number of para-hydroxylation sites is 1. The Kier molecular flexibility index (Phi) is 8.75. The summed E-state index contributed by atoms with van der Waals surface area (Å²) in [6.07, 6.45) is 15.9. The number of fused-ring (bicyclic) bond motifs is 1. The monoisotopic (exact) mass is 329 g/mol. The molecule has 0 spiro atoms. The molecule has 0 saturated carbocycles. The summed E-state index contributed by atoms with van der Waals surface area (Å²) in [5, 5.41) is 2.22. The fourth-order valence-corrected chi connectivity index (χ4v) is 3.33. The molecule has 0 unspecified atom stereocenters. The highest BCUT2D eigenvalue weighted by atomic mass is 15.5. The maximum absolute atomic E-state index is 6.08. The largest absolute Gasteiger partial charge is 0.398 e. The van der Waals surface area contributed by atoms with Crippen LogP contribution in [-0.2, 0) is 0 Å². The molecule has 1 aromatic carbocycles. The van der Waals surface area contributed by atoms with E-state index < -0.39 is 0 Å². The summed E-state index contributed by atoms with van der Waals surface area (Å²) in [5.74, 6) is 0. The third-order valence-electron chi connectivity index (χ3n) is 4.83. The zero-order valence-corrected chi connectivity index (χ0v) is 15.4. The maximum atomic E-state index is 6.08. The number of unbranched alkanes of at least 4 members (excludes halogenated alkanes) is 9. The van der Waals surface area contributed by atoms with Crippen LogP contribution in [0.15, 0.2) is 30.3 Å². The predicted octanol–water partition coefficient (Wildman–Crippen LogP) is 5.23. The molecule has 1 aromatic rings. The van der Waals surface area contributed by atoms with Gasteiger partial charge in [-0.15, -0.1) is 0 Å². The van der Waals surface area contributed by atoms with Crippen molar-refractivity contribution in [1.29, 1.82) is 0 Å². The van der Waals surface area contributed by atoms with Crippen LogP contribution in [0.1, 0.15) is 76.7 Å². The fraction of sp³-hybridized carbons (Fsp3) is 0.619. The predicted molar refractivity (Wildman–Crippen MR) is 106 cm³/mol. The molecule has 1 heterocycles. The van der Waals surface area contributed by atoms with Crippen molar-refractivity contribution >= 4 is 11.4 Å². The van der Waals surface area contributed by atoms with E-state index >= 15 is 0 Å². The first-order chi connectivity index (χ1) is 11.8. The highest BCUT2D eigenvalue weighted by Gasteiger charge is 2.15. The molecular weight excluding hydrogens is 294 g/mol. The average molecular weight is 330 g/mol. The molecule has 3 nitrogen and oxygen atoms in total. The van der Waals surface area contributed by atoms with Crippen LogP contribution in [0.25, 0.3) is 5.70 Å². The molecule has 0 bridgehead atoms. The second-order valence-corrected chi connectivity index (χ2v) is 6.88. The highest BCUT2D eigenvalue weighted by molar-refractivity contribution is 5.77. The molecule has 0 aromatic heterocycles. The molecule has 0 aliphatic carbocycles. The van der Waals surface area contributed by atoms with Crippen molar-refractivity contribution in [3.63, 3.8) is 0 Å². The first-order valence-corrected chi connectivity index (χ1v) is 9.89. The van der Waals surface area contributed by atoms with Gasteiger partial charge in [0.05, 0.1) is 12.2 Å². The van der Waals surface area contributed by atoms with E-state index in [9.17, 15) is 0 Å². The van der Waals surface area contributed by atoms with Gasteiger partial charge in [-0.05, 0) is 18.6 Å². The normalized spacial score (nSPS) is 13.7. The van der Waals surface area contributed by atoms with Crippen molar-refractivity contribution in [3.8, 4) is 0 Å². The SMILES string of the molecule is CCCCCCCCCCCCNN1CC=C(N)c2ccccc21. The van der Waals surface area contributed by atoms with Crippen molar-refractivity contribution in [3.05, 3.63) is 35.9 Å². The van der Waals surface area contributed by atoms with Gasteiger partial charge >= 0.3 is 0 Å². The van der Waals surface area contributed by atoms with Crippen molar-refractivity contribution in [2.45, 2.75) is 71.1 Å². The number of hydrazine groups is 1. The Bertz CT molecular complexity index is 496. The first kappa shape index (κ1) is 18.9. The zero-order chi connectivity index (χ0) is 17.0. The number of nitrogens with zero attached hydrogens (tertiary/aromatic N) is 1. The van der Waals surface area contributed by atoms with Crippen LogP contribution in [0.2, 0.25) is 0 Å². The van der Waals surface area contributed by atoms with Crippen molar-refractivity contribution in [2.24, 2.45) is 5.73 Å². The van der Waals surface area contributed by atoms with Gasteiger partial charge < -0.3 is 10.7 Å². The Labute approximate surface area is 148 Å². The van der Waals surface area contributed by atoms with Crippen LogP contribution in [0, 0.1) is 0 Å². The third kappa shape index (κ3) is 6.20. The highest BCUT2D eigenvalue weighted by Crippen LogP contribution is 2.27. The molecular formula is C21H35N3. The zero-order valence-electron chi connectivity index (χ0n) is 15.4. The topological polar surface area (TPSA) is 41.3 Å². The van der Waals surface area contributed by atoms with Gasteiger partial charge in [0.15, 0.2) is 0 Å². The van der Waals surface area contributed by atoms with Gasteiger partial charge in [0.2, 0.25) is 0 Å². The third-order valence-corrected chi connectivity index (χ3v) is 4.83. The van der Waals surface area contributed by atoms with Gasteiger partial charge in [-0.2, -0.15) is 0 Å².